The van der Waals surface area contributed by atoms with Gasteiger partial charge in [0.1, 0.15) is 0 Å². The van der Waals surface area contributed by atoms with E-state index in [0.717, 1.165) is 5.69 Å². The SMILES string of the molecule is CC(C)c1c[nH]c(/C=N/O)c1. The highest BCUT2D eigenvalue weighted by Crippen LogP contribution is 2.13. The van der Waals surface area contributed by atoms with Crippen LogP contribution in [0.25, 0.3) is 0 Å². The number of hydrogen-bond acceptors (Lipinski definition) is 2. The van der Waals surface area contributed by atoms with Gasteiger partial charge in [-0.05, 0) is 17.5 Å². The summed E-state index contributed by atoms with van der Waals surface area (Å²) in [5.41, 5.74) is 2.05. The molecule has 0 aromatic carbocycles. The Labute approximate surface area is 65.7 Å². The second-order valence-corrected chi connectivity index (χ2v) is 2.79. The number of H-pyrrole nitrogens is 1. The molecule has 0 saturated carbocycles. The van der Waals surface area contributed by atoms with E-state index in [2.05, 4.69) is 24.0 Å². The third-order valence-corrected chi connectivity index (χ3v) is 1.59. The molecule has 0 aliphatic rings. The quantitative estimate of drug-likeness (QED) is 0.380. The first-order valence-corrected chi connectivity index (χ1v) is 3.59. The van der Waals surface area contributed by atoms with Crippen LogP contribution >= 0.6 is 0 Å². The van der Waals surface area contributed by atoms with Gasteiger partial charge in [-0.1, -0.05) is 19.0 Å². The second kappa shape index (κ2) is 3.23. The van der Waals surface area contributed by atoms with E-state index in [1.165, 1.54) is 11.8 Å². The summed E-state index contributed by atoms with van der Waals surface area (Å²) in [5, 5.41) is 11.1. The van der Waals surface area contributed by atoms with Crippen LogP contribution in [0.15, 0.2) is 17.4 Å². The molecule has 2 N–H and O–H groups in total. The van der Waals surface area contributed by atoms with Crippen LogP contribution in [0.5, 0.6) is 0 Å². The van der Waals surface area contributed by atoms with E-state index in [9.17, 15) is 0 Å². The first-order valence-electron chi connectivity index (χ1n) is 3.59. The number of aromatic amines is 1. The summed E-state index contributed by atoms with van der Waals surface area (Å²) >= 11 is 0. The third kappa shape index (κ3) is 1.83. The van der Waals surface area contributed by atoms with Crippen molar-refractivity contribution < 1.29 is 5.21 Å². The van der Waals surface area contributed by atoms with Crippen molar-refractivity contribution in [3.05, 3.63) is 23.5 Å². The minimum absolute atomic E-state index is 0.507. The maximum atomic E-state index is 8.22. The molecule has 1 rings (SSSR count). The molecule has 0 unspecified atom stereocenters. The normalized spacial score (nSPS) is 11.5. The maximum absolute atomic E-state index is 8.22. The Morgan fingerprint density at radius 1 is 1.64 bits per heavy atom. The minimum atomic E-state index is 0.507. The molecule has 0 bridgehead atoms. The van der Waals surface area contributed by atoms with Gasteiger partial charge in [0.05, 0.1) is 11.9 Å². The molecule has 3 nitrogen and oxygen atoms in total. The monoisotopic (exact) mass is 152 g/mol. The summed E-state index contributed by atoms with van der Waals surface area (Å²) in [7, 11) is 0. The molecule has 11 heavy (non-hydrogen) atoms. The lowest BCUT2D eigenvalue weighted by Gasteiger charge is -1.96. The summed E-state index contributed by atoms with van der Waals surface area (Å²) in [5.74, 6) is 0.507. The zero-order chi connectivity index (χ0) is 8.27. The van der Waals surface area contributed by atoms with Crippen molar-refractivity contribution in [1.29, 1.82) is 0 Å². The summed E-state index contributed by atoms with van der Waals surface area (Å²) in [6, 6.07) is 1.96. The van der Waals surface area contributed by atoms with E-state index in [1.807, 2.05) is 12.3 Å². The molecule has 3 heteroatoms. The first kappa shape index (κ1) is 7.85. The average Bonchev–Trinajstić information content (AvgIpc) is 2.37. The van der Waals surface area contributed by atoms with Gasteiger partial charge in [0.25, 0.3) is 0 Å². The Morgan fingerprint density at radius 3 is 2.82 bits per heavy atom. The zero-order valence-electron chi connectivity index (χ0n) is 6.70. The number of nitrogens with one attached hydrogen (secondary N) is 1. The number of nitrogens with zero attached hydrogens (tertiary/aromatic N) is 1. The van der Waals surface area contributed by atoms with Crippen molar-refractivity contribution in [3.63, 3.8) is 0 Å². The van der Waals surface area contributed by atoms with E-state index < -0.39 is 0 Å². The zero-order valence-corrected chi connectivity index (χ0v) is 6.70. The second-order valence-electron chi connectivity index (χ2n) is 2.79. The fourth-order valence-corrected chi connectivity index (χ4v) is 0.900. The van der Waals surface area contributed by atoms with E-state index in [0.29, 0.717) is 5.92 Å². The molecule has 60 valence electrons. The Hall–Kier alpha value is -1.25. The largest absolute Gasteiger partial charge is 0.411 e. The van der Waals surface area contributed by atoms with E-state index in [4.69, 9.17) is 5.21 Å². The van der Waals surface area contributed by atoms with Gasteiger partial charge in [-0.2, -0.15) is 0 Å². The van der Waals surface area contributed by atoms with Gasteiger partial charge in [0.2, 0.25) is 0 Å². The molecule has 1 aromatic heterocycles. The molecule has 0 radical (unpaired) electrons. The molecule has 0 atom stereocenters. The fourth-order valence-electron chi connectivity index (χ4n) is 0.900. The minimum Gasteiger partial charge on any atom is -0.411 e. The maximum Gasteiger partial charge on any atom is 0.0896 e. The molecule has 0 aliphatic carbocycles. The average molecular weight is 152 g/mol. The number of rotatable bonds is 2. The van der Waals surface area contributed by atoms with E-state index in [1.54, 1.807) is 0 Å². The van der Waals surface area contributed by atoms with Crippen molar-refractivity contribution in [1.82, 2.24) is 4.98 Å². The van der Waals surface area contributed by atoms with Gasteiger partial charge in [-0.15, -0.1) is 0 Å². The van der Waals surface area contributed by atoms with Gasteiger partial charge in [-0.3, -0.25) is 0 Å². The molecule has 0 amide bonds. The Morgan fingerprint density at radius 2 is 2.36 bits per heavy atom. The van der Waals surface area contributed by atoms with Gasteiger partial charge >= 0.3 is 0 Å². The molecule has 1 aromatic rings. The van der Waals surface area contributed by atoms with Gasteiger partial charge < -0.3 is 10.2 Å². The molecular formula is C8H12N2O. The van der Waals surface area contributed by atoms with Crippen LogP contribution in [0.4, 0.5) is 0 Å². The highest BCUT2D eigenvalue weighted by Gasteiger charge is 2.00. The molecule has 0 saturated heterocycles. The van der Waals surface area contributed by atoms with Crippen LogP contribution < -0.4 is 0 Å². The summed E-state index contributed by atoms with van der Waals surface area (Å²) < 4.78 is 0. The van der Waals surface area contributed by atoms with Crippen LogP contribution in [-0.2, 0) is 0 Å². The highest BCUT2D eigenvalue weighted by atomic mass is 16.4. The predicted octanol–water partition coefficient (Wildman–Crippen LogP) is 1.95. The molecule has 0 aliphatic heterocycles. The summed E-state index contributed by atoms with van der Waals surface area (Å²) in [6.45, 7) is 4.23. The van der Waals surface area contributed by atoms with E-state index in [-0.39, 0.29) is 0 Å². The fraction of sp³-hybridized carbons (Fsp3) is 0.375. The van der Waals surface area contributed by atoms with Crippen molar-refractivity contribution >= 4 is 6.21 Å². The van der Waals surface area contributed by atoms with E-state index >= 15 is 0 Å². The number of hydrogen-bond donors (Lipinski definition) is 2. The van der Waals surface area contributed by atoms with Crippen LogP contribution in [0.2, 0.25) is 0 Å². The topological polar surface area (TPSA) is 48.4 Å². The lowest BCUT2D eigenvalue weighted by Crippen LogP contribution is -1.81. The van der Waals surface area contributed by atoms with Crippen LogP contribution in [0.1, 0.15) is 31.0 Å². The number of oxime groups is 1. The van der Waals surface area contributed by atoms with Crippen molar-refractivity contribution in [3.8, 4) is 0 Å². The Balaban J connectivity index is 2.81. The third-order valence-electron chi connectivity index (χ3n) is 1.59. The molecule has 0 spiro atoms. The predicted molar refractivity (Wildman–Crippen MR) is 44.3 cm³/mol. The van der Waals surface area contributed by atoms with Crippen LogP contribution in [0, 0.1) is 0 Å². The lowest BCUT2D eigenvalue weighted by atomic mass is 10.1. The van der Waals surface area contributed by atoms with Crippen molar-refractivity contribution in [2.24, 2.45) is 5.16 Å². The smallest absolute Gasteiger partial charge is 0.0896 e. The highest BCUT2D eigenvalue weighted by molar-refractivity contribution is 5.76. The summed E-state index contributed by atoms with van der Waals surface area (Å²) in [4.78, 5) is 2.98. The van der Waals surface area contributed by atoms with Crippen molar-refractivity contribution in [2.75, 3.05) is 0 Å². The van der Waals surface area contributed by atoms with Crippen LogP contribution in [-0.4, -0.2) is 16.4 Å². The van der Waals surface area contributed by atoms with Gasteiger partial charge in [-0.25, -0.2) is 0 Å². The lowest BCUT2D eigenvalue weighted by molar-refractivity contribution is 0.321. The molecule has 1 heterocycles. The van der Waals surface area contributed by atoms with Crippen molar-refractivity contribution in [2.45, 2.75) is 19.8 Å². The first-order chi connectivity index (χ1) is 5.24. The van der Waals surface area contributed by atoms with Gasteiger partial charge in [0, 0.05) is 6.20 Å². The van der Waals surface area contributed by atoms with Crippen LogP contribution in [0.3, 0.4) is 0 Å². The standard InChI is InChI=1S/C8H12N2O/c1-6(2)7-3-8(5-10-11)9-4-7/h3-6,9,11H,1-2H3/b10-5+. The number of aromatic nitrogens is 1. The summed E-state index contributed by atoms with van der Waals surface area (Å²) in [6.07, 6.45) is 3.30. The molecule has 0 fully saturated rings. The Kier molecular flexibility index (Phi) is 2.31. The Bertz CT molecular complexity index is 250. The molecular weight excluding hydrogens is 140 g/mol. The van der Waals surface area contributed by atoms with Gasteiger partial charge in [0.15, 0.2) is 0 Å².